The zero-order chi connectivity index (χ0) is 11.0. The van der Waals surface area contributed by atoms with Gasteiger partial charge in [0.15, 0.2) is 0 Å². The van der Waals surface area contributed by atoms with Gasteiger partial charge in [0.2, 0.25) is 5.91 Å². The number of amides is 1. The van der Waals surface area contributed by atoms with Gasteiger partial charge in [-0.1, -0.05) is 15.9 Å². The second kappa shape index (κ2) is 4.22. The molecule has 15 heavy (non-hydrogen) atoms. The molecule has 0 bridgehead atoms. The Morgan fingerprint density at radius 2 is 2.33 bits per heavy atom. The number of alkyl halides is 1. The first kappa shape index (κ1) is 11.1. The molecule has 0 saturated carbocycles. The Morgan fingerprint density at radius 3 is 2.87 bits per heavy atom. The zero-order valence-corrected chi connectivity index (χ0v) is 11.4. The van der Waals surface area contributed by atoms with E-state index in [0.717, 1.165) is 10.0 Å². The summed E-state index contributed by atoms with van der Waals surface area (Å²) >= 11 is 6.88. The van der Waals surface area contributed by atoms with Crippen LogP contribution in [0.25, 0.3) is 0 Å². The van der Waals surface area contributed by atoms with Crippen LogP contribution in [0.2, 0.25) is 0 Å². The van der Waals surface area contributed by atoms with E-state index in [1.807, 2.05) is 13.0 Å². The Morgan fingerprint density at radius 1 is 1.60 bits per heavy atom. The highest BCUT2D eigenvalue weighted by Gasteiger charge is 2.30. The molecular weight excluding hydrogens is 324 g/mol. The van der Waals surface area contributed by atoms with Gasteiger partial charge in [-0.25, -0.2) is 4.98 Å². The SMILES string of the molecule is Cc1cnc(N2CC(Br)CC2=O)c(Br)c1. The van der Waals surface area contributed by atoms with Crippen LogP contribution in [0.1, 0.15) is 12.0 Å². The second-order valence-corrected chi connectivity index (χ2v) is 5.77. The molecule has 1 fully saturated rings. The number of aromatic nitrogens is 1. The molecule has 0 aliphatic carbocycles. The van der Waals surface area contributed by atoms with E-state index in [0.29, 0.717) is 18.8 Å². The van der Waals surface area contributed by atoms with Crippen molar-refractivity contribution >= 4 is 43.6 Å². The minimum atomic E-state index is 0.119. The number of rotatable bonds is 1. The fourth-order valence-electron chi connectivity index (χ4n) is 1.59. The van der Waals surface area contributed by atoms with E-state index in [9.17, 15) is 4.79 Å². The van der Waals surface area contributed by atoms with Gasteiger partial charge in [-0.15, -0.1) is 0 Å². The van der Waals surface area contributed by atoms with Gasteiger partial charge in [-0.05, 0) is 34.5 Å². The molecule has 1 aromatic heterocycles. The van der Waals surface area contributed by atoms with Crippen LogP contribution in [-0.4, -0.2) is 22.3 Å². The summed E-state index contributed by atoms with van der Waals surface area (Å²) < 4.78 is 0.873. The highest BCUT2D eigenvalue weighted by molar-refractivity contribution is 9.10. The Bertz CT molecular complexity index is 408. The molecule has 1 amide bonds. The number of anilines is 1. The summed E-state index contributed by atoms with van der Waals surface area (Å²) in [6, 6.07) is 1.97. The molecular formula is C10H10Br2N2O. The van der Waals surface area contributed by atoms with E-state index in [2.05, 4.69) is 36.8 Å². The first-order chi connectivity index (χ1) is 7.08. The van der Waals surface area contributed by atoms with Crippen LogP contribution in [0, 0.1) is 6.92 Å². The maximum absolute atomic E-state index is 11.7. The van der Waals surface area contributed by atoms with Gasteiger partial charge in [0.05, 0.1) is 4.47 Å². The lowest BCUT2D eigenvalue weighted by Crippen LogP contribution is -2.25. The van der Waals surface area contributed by atoms with Crippen molar-refractivity contribution in [2.24, 2.45) is 0 Å². The van der Waals surface area contributed by atoms with Gasteiger partial charge >= 0.3 is 0 Å². The second-order valence-electron chi connectivity index (χ2n) is 3.62. The summed E-state index contributed by atoms with van der Waals surface area (Å²) in [5, 5.41) is 0. The highest BCUT2D eigenvalue weighted by Crippen LogP contribution is 2.29. The molecule has 2 rings (SSSR count). The summed E-state index contributed by atoms with van der Waals surface area (Å²) in [4.78, 5) is 17.9. The Hall–Kier alpha value is -0.420. The molecule has 1 aromatic rings. The first-order valence-electron chi connectivity index (χ1n) is 4.64. The average molecular weight is 334 g/mol. The number of carbonyl (C=O) groups excluding carboxylic acids is 1. The summed E-state index contributed by atoms with van der Waals surface area (Å²) in [6.07, 6.45) is 2.32. The van der Waals surface area contributed by atoms with E-state index in [1.54, 1.807) is 11.1 Å². The number of pyridine rings is 1. The van der Waals surface area contributed by atoms with Crippen LogP contribution < -0.4 is 4.90 Å². The summed E-state index contributed by atoms with van der Waals surface area (Å²) in [7, 11) is 0. The third-order valence-corrected chi connectivity index (χ3v) is 3.49. The molecule has 0 aromatic carbocycles. The van der Waals surface area contributed by atoms with Crippen molar-refractivity contribution in [1.29, 1.82) is 0 Å². The van der Waals surface area contributed by atoms with Crippen molar-refractivity contribution in [1.82, 2.24) is 4.98 Å². The van der Waals surface area contributed by atoms with Crippen molar-refractivity contribution in [2.75, 3.05) is 11.4 Å². The van der Waals surface area contributed by atoms with E-state index in [4.69, 9.17) is 0 Å². The van der Waals surface area contributed by atoms with Crippen molar-refractivity contribution in [2.45, 2.75) is 18.2 Å². The van der Waals surface area contributed by atoms with Gasteiger partial charge < -0.3 is 0 Å². The topological polar surface area (TPSA) is 33.2 Å². The van der Waals surface area contributed by atoms with Crippen LogP contribution >= 0.6 is 31.9 Å². The summed E-state index contributed by atoms with van der Waals surface area (Å²) in [5.41, 5.74) is 1.08. The molecule has 80 valence electrons. The molecule has 1 aliphatic heterocycles. The number of hydrogen-bond donors (Lipinski definition) is 0. The van der Waals surface area contributed by atoms with Crippen LogP contribution in [0.4, 0.5) is 5.82 Å². The number of carbonyl (C=O) groups is 1. The van der Waals surface area contributed by atoms with Crippen molar-refractivity contribution in [3.63, 3.8) is 0 Å². The third kappa shape index (κ3) is 2.23. The predicted molar refractivity (Wildman–Crippen MR) is 66.4 cm³/mol. The van der Waals surface area contributed by atoms with Crippen LogP contribution in [0.15, 0.2) is 16.7 Å². The molecule has 5 heteroatoms. The Labute approximate surface area is 105 Å². The van der Waals surface area contributed by atoms with Crippen molar-refractivity contribution < 1.29 is 4.79 Å². The summed E-state index contributed by atoms with van der Waals surface area (Å²) in [5.74, 6) is 0.835. The molecule has 2 heterocycles. The van der Waals surface area contributed by atoms with Crippen molar-refractivity contribution in [3.8, 4) is 0 Å². The molecule has 1 unspecified atom stereocenters. The Balaban J connectivity index is 2.34. The lowest BCUT2D eigenvalue weighted by atomic mass is 10.3. The van der Waals surface area contributed by atoms with Crippen LogP contribution in [-0.2, 0) is 4.79 Å². The number of halogens is 2. The average Bonchev–Trinajstić information content (AvgIpc) is 2.45. The molecule has 1 saturated heterocycles. The van der Waals surface area contributed by atoms with E-state index < -0.39 is 0 Å². The predicted octanol–water partition coefficient (Wildman–Crippen LogP) is 2.65. The number of nitrogens with zero attached hydrogens (tertiary/aromatic N) is 2. The minimum absolute atomic E-state index is 0.119. The van der Waals surface area contributed by atoms with Gasteiger partial charge in [0, 0.05) is 24.0 Å². The smallest absolute Gasteiger partial charge is 0.229 e. The number of hydrogen-bond acceptors (Lipinski definition) is 2. The molecule has 0 N–H and O–H groups in total. The molecule has 1 aliphatic rings. The largest absolute Gasteiger partial charge is 0.295 e. The van der Waals surface area contributed by atoms with Crippen molar-refractivity contribution in [3.05, 3.63) is 22.3 Å². The zero-order valence-electron chi connectivity index (χ0n) is 8.20. The van der Waals surface area contributed by atoms with Gasteiger partial charge in [0.25, 0.3) is 0 Å². The monoisotopic (exact) mass is 332 g/mol. The normalized spacial score (nSPS) is 21.1. The Kier molecular flexibility index (Phi) is 3.11. The molecule has 0 spiro atoms. The molecule has 3 nitrogen and oxygen atoms in total. The van der Waals surface area contributed by atoms with Gasteiger partial charge in [-0.3, -0.25) is 9.69 Å². The number of aryl methyl sites for hydroxylation is 1. The lowest BCUT2D eigenvalue weighted by molar-refractivity contribution is -0.117. The minimum Gasteiger partial charge on any atom is -0.295 e. The lowest BCUT2D eigenvalue weighted by Gasteiger charge is -2.16. The van der Waals surface area contributed by atoms with Crippen LogP contribution in [0.5, 0.6) is 0 Å². The third-order valence-electron chi connectivity index (χ3n) is 2.29. The van der Waals surface area contributed by atoms with E-state index in [-0.39, 0.29) is 10.7 Å². The first-order valence-corrected chi connectivity index (χ1v) is 6.35. The van der Waals surface area contributed by atoms with Crippen LogP contribution in [0.3, 0.4) is 0 Å². The van der Waals surface area contributed by atoms with E-state index in [1.165, 1.54) is 0 Å². The fraction of sp³-hybridized carbons (Fsp3) is 0.400. The molecule has 0 radical (unpaired) electrons. The van der Waals surface area contributed by atoms with E-state index >= 15 is 0 Å². The van der Waals surface area contributed by atoms with Gasteiger partial charge in [-0.2, -0.15) is 0 Å². The summed E-state index contributed by atoms with van der Waals surface area (Å²) in [6.45, 7) is 2.66. The fourth-order valence-corrected chi connectivity index (χ4v) is 2.84. The quantitative estimate of drug-likeness (QED) is 0.740. The highest BCUT2D eigenvalue weighted by atomic mass is 79.9. The maximum Gasteiger partial charge on any atom is 0.229 e. The standard InChI is InChI=1S/C10H10Br2N2O/c1-6-2-8(12)10(13-4-6)14-5-7(11)3-9(14)15/h2,4,7H,3,5H2,1H3. The molecule has 1 atom stereocenters. The van der Waals surface area contributed by atoms with Gasteiger partial charge in [0.1, 0.15) is 5.82 Å². The maximum atomic E-state index is 11.7.